The molecule has 106 valence electrons. The molecule has 1 aromatic carbocycles. The highest BCUT2D eigenvalue weighted by Gasteiger charge is 2.12. The molecule has 0 spiro atoms. The number of anilines is 1. The largest absolute Gasteiger partial charge is 0.375 e. The van der Waals surface area contributed by atoms with E-state index in [1.807, 2.05) is 29.0 Å². The van der Waals surface area contributed by atoms with Gasteiger partial charge in [-0.25, -0.2) is 4.79 Å². The Balaban J connectivity index is 1.87. The number of nitrogens with one attached hydrogen (secondary N) is 2. The van der Waals surface area contributed by atoms with E-state index in [9.17, 15) is 4.79 Å². The first-order valence-electron chi connectivity index (χ1n) is 6.05. The summed E-state index contributed by atoms with van der Waals surface area (Å²) < 4.78 is 5.36. The van der Waals surface area contributed by atoms with Gasteiger partial charge < -0.3 is 15.4 Å². The molecule has 1 atom stereocenters. The van der Waals surface area contributed by atoms with Gasteiger partial charge in [-0.15, -0.1) is 0 Å². The Bertz CT molecular complexity index is 560. The van der Waals surface area contributed by atoms with Gasteiger partial charge in [-0.05, 0) is 34.5 Å². The molecule has 1 aromatic heterocycles. The maximum absolute atomic E-state index is 11.8. The number of ether oxygens (including phenoxy) is 1. The summed E-state index contributed by atoms with van der Waals surface area (Å²) in [6.07, 6.45) is -0.154. The van der Waals surface area contributed by atoms with Crippen LogP contribution in [0.5, 0.6) is 0 Å². The minimum Gasteiger partial charge on any atom is -0.375 e. The van der Waals surface area contributed by atoms with E-state index in [-0.39, 0.29) is 12.1 Å². The number of carbonyl (C=O) groups is 1. The van der Waals surface area contributed by atoms with Crippen LogP contribution in [0.3, 0.4) is 0 Å². The zero-order valence-electron chi connectivity index (χ0n) is 10.9. The standard InChI is InChI=1S/C14H15ClN2O2S/c1-19-13(10-6-7-20-9-10)8-16-14(18)17-12-5-3-2-4-11(12)15/h2-7,9,13H,8H2,1H3,(H2,16,17,18). The molecule has 0 bridgehead atoms. The molecule has 0 saturated carbocycles. The number of carbonyl (C=O) groups excluding carboxylic acids is 1. The molecule has 0 aliphatic rings. The normalized spacial score (nSPS) is 11.9. The molecule has 20 heavy (non-hydrogen) atoms. The Morgan fingerprint density at radius 3 is 2.85 bits per heavy atom. The van der Waals surface area contributed by atoms with Crippen molar-refractivity contribution in [1.82, 2.24) is 5.32 Å². The molecule has 2 N–H and O–H groups in total. The van der Waals surface area contributed by atoms with E-state index < -0.39 is 0 Å². The molecule has 2 rings (SSSR count). The predicted octanol–water partition coefficient (Wildman–Crippen LogP) is 3.91. The fourth-order valence-corrected chi connectivity index (χ4v) is 2.59. The van der Waals surface area contributed by atoms with Crippen molar-refractivity contribution in [2.24, 2.45) is 0 Å². The lowest BCUT2D eigenvalue weighted by Gasteiger charge is -2.15. The lowest BCUT2D eigenvalue weighted by Crippen LogP contribution is -2.32. The minimum atomic E-state index is -0.310. The molecule has 0 radical (unpaired) electrons. The molecule has 0 saturated heterocycles. The van der Waals surface area contributed by atoms with Crippen molar-refractivity contribution in [3.8, 4) is 0 Å². The first-order chi connectivity index (χ1) is 9.70. The Kier molecular flexibility index (Phi) is 5.40. The molecule has 4 nitrogen and oxygen atoms in total. The average molecular weight is 311 g/mol. The Morgan fingerprint density at radius 2 is 2.20 bits per heavy atom. The summed E-state index contributed by atoms with van der Waals surface area (Å²) >= 11 is 7.57. The third-order valence-electron chi connectivity index (χ3n) is 2.77. The summed E-state index contributed by atoms with van der Waals surface area (Å²) in [5.74, 6) is 0. The summed E-state index contributed by atoms with van der Waals surface area (Å²) in [7, 11) is 1.62. The monoisotopic (exact) mass is 310 g/mol. The first kappa shape index (κ1) is 14.8. The zero-order valence-corrected chi connectivity index (χ0v) is 12.5. The van der Waals surface area contributed by atoms with Gasteiger partial charge in [0, 0.05) is 13.7 Å². The van der Waals surface area contributed by atoms with Gasteiger partial charge in [0.1, 0.15) is 6.10 Å². The van der Waals surface area contributed by atoms with Gasteiger partial charge in [-0.1, -0.05) is 23.7 Å². The minimum absolute atomic E-state index is 0.154. The molecular formula is C14H15ClN2O2S. The zero-order chi connectivity index (χ0) is 14.4. The number of benzene rings is 1. The Hall–Kier alpha value is -1.56. The third kappa shape index (κ3) is 3.96. The number of amides is 2. The van der Waals surface area contributed by atoms with Crippen molar-refractivity contribution < 1.29 is 9.53 Å². The van der Waals surface area contributed by atoms with Crippen molar-refractivity contribution in [3.05, 3.63) is 51.7 Å². The number of thiophene rings is 1. The van der Waals surface area contributed by atoms with Crippen molar-refractivity contribution in [1.29, 1.82) is 0 Å². The van der Waals surface area contributed by atoms with Gasteiger partial charge in [0.15, 0.2) is 0 Å². The maximum atomic E-state index is 11.8. The van der Waals surface area contributed by atoms with Crippen LogP contribution in [0.4, 0.5) is 10.5 Å². The molecule has 0 fully saturated rings. The smallest absolute Gasteiger partial charge is 0.319 e. The fraction of sp³-hybridized carbons (Fsp3) is 0.214. The number of para-hydroxylation sites is 1. The van der Waals surface area contributed by atoms with Gasteiger partial charge in [-0.3, -0.25) is 0 Å². The topological polar surface area (TPSA) is 50.4 Å². The van der Waals surface area contributed by atoms with E-state index in [0.29, 0.717) is 17.3 Å². The number of methoxy groups -OCH3 is 1. The van der Waals surface area contributed by atoms with Crippen LogP contribution in [0.15, 0.2) is 41.1 Å². The Labute approximate surface area is 126 Å². The van der Waals surface area contributed by atoms with E-state index in [1.54, 1.807) is 30.6 Å². The number of hydrogen-bond acceptors (Lipinski definition) is 3. The van der Waals surface area contributed by atoms with Crippen molar-refractivity contribution in [3.63, 3.8) is 0 Å². The van der Waals surface area contributed by atoms with E-state index in [0.717, 1.165) is 5.56 Å². The molecule has 1 heterocycles. The first-order valence-corrected chi connectivity index (χ1v) is 7.37. The van der Waals surface area contributed by atoms with E-state index in [4.69, 9.17) is 16.3 Å². The fourth-order valence-electron chi connectivity index (χ4n) is 1.71. The number of hydrogen-bond donors (Lipinski definition) is 2. The van der Waals surface area contributed by atoms with Crippen molar-refractivity contribution in [2.75, 3.05) is 19.0 Å². The van der Waals surface area contributed by atoms with E-state index >= 15 is 0 Å². The second kappa shape index (κ2) is 7.28. The molecule has 1 unspecified atom stereocenters. The highest BCUT2D eigenvalue weighted by molar-refractivity contribution is 7.07. The molecule has 0 aliphatic carbocycles. The summed E-state index contributed by atoms with van der Waals surface area (Å²) in [5, 5.41) is 9.95. The van der Waals surface area contributed by atoms with Crippen molar-refractivity contribution in [2.45, 2.75) is 6.10 Å². The van der Waals surface area contributed by atoms with Crippen LogP contribution in [0.2, 0.25) is 5.02 Å². The lowest BCUT2D eigenvalue weighted by atomic mass is 10.2. The van der Waals surface area contributed by atoms with Crippen LogP contribution < -0.4 is 10.6 Å². The SMILES string of the molecule is COC(CNC(=O)Nc1ccccc1Cl)c1ccsc1. The summed E-state index contributed by atoms with van der Waals surface area (Å²) in [6, 6.07) is 8.75. The van der Waals surface area contributed by atoms with Crippen LogP contribution in [0.1, 0.15) is 11.7 Å². The lowest BCUT2D eigenvalue weighted by molar-refractivity contribution is 0.105. The van der Waals surface area contributed by atoms with Gasteiger partial charge in [-0.2, -0.15) is 11.3 Å². The van der Waals surface area contributed by atoms with Crippen LogP contribution >= 0.6 is 22.9 Å². The number of urea groups is 1. The van der Waals surface area contributed by atoms with Crippen molar-refractivity contribution >= 4 is 34.7 Å². The second-order valence-corrected chi connectivity index (χ2v) is 5.28. The average Bonchev–Trinajstić information content (AvgIpc) is 2.96. The summed E-state index contributed by atoms with van der Waals surface area (Å²) in [4.78, 5) is 11.8. The number of halogens is 1. The second-order valence-electron chi connectivity index (χ2n) is 4.10. The molecular weight excluding hydrogens is 296 g/mol. The van der Waals surface area contributed by atoms with Crippen LogP contribution in [-0.2, 0) is 4.74 Å². The molecule has 0 aliphatic heterocycles. The predicted molar refractivity (Wildman–Crippen MR) is 82.5 cm³/mol. The molecule has 6 heteroatoms. The quantitative estimate of drug-likeness (QED) is 0.879. The van der Waals surface area contributed by atoms with Gasteiger partial charge >= 0.3 is 6.03 Å². The Morgan fingerprint density at radius 1 is 1.40 bits per heavy atom. The number of rotatable bonds is 5. The van der Waals surface area contributed by atoms with E-state index in [1.165, 1.54) is 0 Å². The highest BCUT2D eigenvalue weighted by atomic mass is 35.5. The van der Waals surface area contributed by atoms with Crippen LogP contribution in [0, 0.1) is 0 Å². The molecule has 2 amide bonds. The highest BCUT2D eigenvalue weighted by Crippen LogP contribution is 2.21. The van der Waals surface area contributed by atoms with Gasteiger partial charge in [0.05, 0.1) is 10.7 Å². The molecule has 2 aromatic rings. The maximum Gasteiger partial charge on any atom is 0.319 e. The van der Waals surface area contributed by atoms with Crippen LogP contribution in [-0.4, -0.2) is 19.7 Å². The third-order valence-corrected chi connectivity index (χ3v) is 3.80. The van der Waals surface area contributed by atoms with E-state index in [2.05, 4.69) is 10.6 Å². The van der Waals surface area contributed by atoms with Crippen LogP contribution in [0.25, 0.3) is 0 Å². The van der Waals surface area contributed by atoms with Gasteiger partial charge in [0.25, 0.3) is 0 Å². The van der Waals surface area contributed by atoms with Gasteiger partial charge in [0.2, 0.25) is 0 Å². The summed E-state index contributed by atoms with van der Waals surface area (Å²) in [6.45, 7) is 0.392. The summed E-state index contributed by atoms with van der Waals surface area (Å²) in [5.41, 5.74) is 1.63.